The van der Waals surface area contributed by atoms with E-state index < -0.39 is 0 Å². The summed E-state index contributed by atoms with van der Waals surface area (Å²) in [6, 6.07) is 0. The quantitative estimate of drug-likeness (QED) is 0.152. The molecule has 0 amide bonds. The van der Waals surface area contributed by atoms with E-state index in [1.54, 1.807) is 0 Å². The fourth-order valence-electron chi connectivity index (χ4n) is 4.25. The highest BCUT2D eigenvalue weighted by molar-refractivity contribution is 4.51. The maximum absolute atomic E-state index is 8.74. The van der Waals surface area contributed by atoms with Gasteiger partial charge in [0.1, 0.15) is 0 Å². The molecule has 0 atom stereocenters. The fraction of sp³-hybridized carbons (Fsp3) is 1.00. The second-order valence-electron chi connectivity index (χ2n) is 9.21. The minimum Gasteiger partial charge on any atom is -0.396 e. The van der Waals surface area contributed by atoms with E-state index in [1.165, 1.54) is 154 Å². The van der Waals surface area contributed by atoms with Crippen molar-refractivity contribution < 1.29 is 5.11 Å². The lowest BCUT2D eigenvalue weighted by molar-refractivity contribution is 0.282. The van der Waals surface area contributed by atoms with E-state index in [-0.39, 0.29) is 0 Å². The second-order valence-corrected chi connectivity index (χ2v) is 9.21. The van der Waals surface area contributed by atoms with Gasteiger partial charge in [-0.2, -0.15) is 0 Å². The average molecular weight is 397 g/mol. The molecule has 0 unspecified atom stereocenters. The van der Waals surface area contributed by atoms with E-state index in [1.807, 2.05) is 0 Å². The van der Waals surface area contributed by atoms with Gasteiger partial charge in [0.05, 0.1) is 0 Å². The molecule has 0 spiro atoms. The SMILES string of the molecule is CCCCCCCCCCCCCCCCCCCCCCCCCCCO. The van der Waals surface area contributed by atoms with E-state index >= 15 is 0 Å². The summed E-state index contributed by atoms with van der Waals surface area (Å²) in [5, 5.41) is 8.74. The van der Waals surface area contributed by atoms with E-state index in [9.17, 15) is 0 Å². The van der Waals surface area contributed by atoms with Crippen LogP contribution in [0.5, 0.6) is 0 Å². The Labute approximate surface area is 179 Å². The van der Waals surface area contributed by atoms with Crippen molar-refractivity contribution in [2.24, 2.45) is 0 Å². The molecule has 0 bridgehead atoms. The standard InChI is InChI=1S/C27H56O/c1-2-3-4-5-6-7-8-9-10-11-12-13-14-15-16-17-18-19-20-21-22-23-24-25-26-27-28/h28H,2-27H2,1H3. The molecular weight excluding hydrogens is 340 g/mol. The van der Waals surface area contributed by atoms with Crippen LogP contribution < -0.4 is 0 Å². The van der Waals surface area contributed by atoms with Crippen LogP contribution in [0.1, 0.15) is 167 Å². The van der Waals surface area contributed by atoms with Crippen LogP contribution in [0, 0.1) is 0 Å². The van der Waals surface area contributed by atoms with Crippen LogP contribution in [-0.2, 0) is 0 Å². The first-order valence-electron chi connectivity index (χ1n) is 13.5. The van der Waals surface area contributed by atoms with Gasteiger partial charge in [-0.25, -0.2) is 0 Å². The molecule has 0 aliphatic carbocycles. The molecule has 0 aromatic heterocycles. The summed E-state index contributed by atoms with van der Waals surface area (Å²) in [6.45, 7) is 2.67. The number of aliphatic hydroxyl groups excluding tert-OH is 1. The molecule has 0 aromatic carbocycles. The lowest BCUT2D eigenvalue weighted by Crippen LogP contribution is -1.85. The smallest absolute Gasteiger partial charge is 0.0431 e. The van der Waals surface area contributed by atoms with Crippen molar-refractivity contribution in [2.75, 3.05) is 6.61 Å². The van der Waals surface area contributed by atoms with Crippen LogP contribution in [0.2, 0.25) is 0 Å². The number of unbranched alkanes of at least 4 members (excludes halogenated alkanes) is 24. The van der Waals surface area contributed by atoms with Gasteiger partial charge in [-0.05, 0) is 6.42 Å². The largest absolute Gasteiger partial charge is 0.396 e. The number of hydrogen-bond acceptors (Lipinski definition) is 1. The van der Waals surface area contributed by atoms with Gasteiger partial charge < -0.3 is 5.11 Å². The van der Waals surface area contributed by atoms with Crippen molar-refractivity contribution in [2.45, 2.75) is 167 Å². The second kappa shape index (κ2) is 27.0. The first-order chi connectivity index (χ1) is 13.9. The highest BCUT2D eigenvalue weighted by Gasteiger charge is 1.96. The van der Waals surface area contributed by atoms with E-state index in [0.29, 0.717) is 6.61 Å². The first-order valence-corrected chi connectivity index (χ1v) is 13.5. The first kappa shape index (κ1) is 28.0. The van der Waals surface area contributed by atoms with Crippen molar-refractivity contribution in [3.63, 3.8) is 0 Å². The average Bonchev–Trinajstić information content (AvgIpc) is 2.71. The Hall–Kier alpha value is -0.0400. The molecule has 0 saturated heterocycles. The molecule has 0 heterocycles. The Morgan fingerprint density at radius 1 is 0.286 bits per heavy atom. The number of hydrogen-bond donors (Lipinski definition) is 1. The Bertz CT molecular complexity index is 225. The Kier molecular flexibility index (Phi) is 26.9. The van der Waals surface area contributed by atoms with E-state index in [0.717, 1.165) is 6.42 Å². The highest BCUT2D eigenvalue weighted by Crippen LogP contribution is 2.15. The number of aliphatic hydroxyl groups is 1. The van der Waals surface area contributed by atoms with Gasteiger partial charge in [0, 0.05) is 6.61 Å². The summed E-state index contributed by atoms with van der Waals surface area (Å²) < 4.78 is 0. The molecule has 0 saturated carbocycles. The van der Waals surface area contributed by atoms with Crippen LogP contribution in [0.3, 0.4) is 0 Å². The minimum atomic E-state index is 0.374. The normalized spacial score (nSPS) is 11.4. The zero-order valence-corrected chi connectivity index (χ0v) is 19.8. The third-order valence-electron chi connectivity index (χ3n) is 6.26. The molecule has 1 N–H and O–H groups in total. The minimum absolute atomic E-state index is 0.374. The topological polar surface area (TPSA) is 20.2 Å². The summed E-state index contributed by atoms with van der Waals surface area (Å²) in [4.78, 5) is 0. The maximum Gasteiger partial charge on any atom is 0.0431 e. The van der Waals surface area contributed by atoms with E-state index in [4.69, 9.17) is 5.11 Å². The third kappa shape index (κ3) is 26.0. The van der Waals surface area contributed by atoms with Gasteiger partial charge in [0.25, 0.3) is 0 Å². The van der Waals surface area contributed by atoms with Crippen LogP contribution in [0.4, 0.5) is 0 Å². The zero-order valence-electron chi connectivity index (χ0n) is 19.8. The van der Waals surface area contributed by atoms with Gasteiger partial charge in [-0.15, -0.1) is 0 Å². The van der Waals surface area contributed by atoms with Crippen molar-refractivity contribution >= 4 is 0 Å². The Balaban J connectivity index is 2.96. The van der Waals surface area contributed by atoms with Gasteiger partial charge in [-0.3, -0.25) is 0 Å². The van der Waals surface area contributed by atoms with Crippen molar-refractivity contribution in [3.05, 3.63) is 0 Å². The lowest BCUT2D eigenvalue weighted by Gasteiger charge is -2.04. The predicted octanol–water partition coefficient (Wildman–Crippen LogP) is 9.75. The van der Waals surface area contributed by atoms with E-state index in [2.05, 4.69) is 6.92 Å². The predicted molar refractivity (Wildman–Crippen MR) is 128 cm³/mol. The van der Waals surface area contributed by atoms with Crippen LogP contribution in [-0.4, -0.2) is 11.7 Å². The maximum atomic E-state index is 8.74. The molecule has 1 nitrogen and oxygen atoms in total. The van der Waals surface area contributed by atoms with Gasteiger partial charge in [-0.1, -0.05) is 161 Å². The third-order valence-corrected chi connectivity index (χ3v) is 6.26. The van der Waals surface area contributed by atoms with Crippen LogP contribution in [0.25, 0.3) is 0 Å². The van der Waals surface area contributed by atoms with Gasteiger partial charge in [0.2, 0.25) is 0 Å². The van der Waals surface area contributed by atoms with Gasteiger partial charge in [0.15, 0.2) is 0 Å². The van der Waals surface area contributed by atoms with Crippen molar-refractivity contribution in [1.82, 2.24) is 0 Å². The van der Waals surface area contributed by atoms with Crippen molar-refractivity contribution in [1.29, 1.82) is 0 Å². The molecule has 1 heteroatoms. The summed E-state index contributed by atoms with van der Waals surface area (Å²) in [6.07, 6.45) is 35.6. The molecular formula is C27H56O. The Morgan fingerprint density at radius 3 is 0.643 bits per heavy atom. The van der Waals surface area contributed by atoms with Crippen molar-refractivity contribution in [3.8, 4) is 0 Å². The van der Waals surface area contributed by atoms with Gasteiger partial charge >= 0.3 is 0 Å². The summed E-state index contributed by atoms with van der Waals surface area (Å²) in [5.41, 5.74) is 0. The molecule has 170 valence electrons. The Morgan fingerprint density at radius 2 is 0.464 bits per heavy atom. The number of rotatable bonds is 25. The van der Waals surface area contributed by atoms with Crippen LogP contribution >= 0.6 is 0 Å². The highest BCUT2D eigenvalue weighted by atomic mass is 16.2. The van der Waals surface area contributed by atoms with Crippen LogP contribution in [0.15, 0.2) is 0 Å². The fourth-order valence-corrected chi connectivity index (χ4v) is 4.25. The molecule has 0 aliphatic heterocycles. The molecule has 0 aliphatic rings. The molecule has 28 heavy (non-hydrogen) atoms. The molecule has 0 radical (unpaired) electrons. The zero-order chi connectivity index (χ0) is 20.4. The summed E-state index contributed by atoms with van der Waals surface area (Å²) in [7, 11) is 0. The summed E-state index contributed by atoms with van der Waals surface area (Å²) >= 11 is 0. The summed E-state index contributed by atoms with van der Waals surface area (Å²) in [5.74, 6) is 0. The lowest BCUT2D eigenvalue weighted by atomic mass is 10.0. The molecule has 0 rings (SSSR count). The molecule has 0 fully saturated rings. The molecule has 0 aromatic rings. The monoisotopic (exact) mass is 396 g/mol.